The summed E-state index contributed by atoms with van der Waals surface area (Å²) in [6.07, 6.45) is 3.83. The van der Waals surface area contributed by atoms with E-state index in [2.05, 4.69) is 9.97 Å². The normalized spacial score (nSPS) is 15.9. The molecular weight excluding hydrogens is 399 g/mol. The average molecular weight is 416 g/mol. The van der Waals surface area contributed by atoms with Crippen LogP contribution in [-0.2, 0) is 7.05 Å². The Labute approximate surface area is 175 Å². The predicted octanol–water partition coefficient (Wildman–Crippen LogP) is 2.98. The van der Waals surface area contributed by atoms with E-state index in [9.17, 15) is 9.18 Å². The number of hydrogen-bond acceptors (Lipinski definition) is 5. The molecule has 1 atom stereocenters. The molecule has 0 saturated carbocycles. The van der Waals surface area contributed by atoms with Gasteiger partial charge in [-0.1, -0.05) is 24.3 Å². The molecule has 31 heavy (non-hydrogen) atoms. The van der Waals surface area contributed by atoms with E-state index in [-0.39, 0.29) is 11.4 Å². The summed E-state index contributed by atoms with van der Waals surface area (Å²) in [4.78, 5) is 26.8. The summed E-state index contributed by atoms with van der Waals surface area (Å²) in [5.74, 6) is 0.167. The minimum Gasteiger partial charge on any atom is -0.490 e. The lowest BCUT2D eigenvalue weighted by atomic mass is 10.00. The molecule has 1 aliphatic heterocycles. The van der Waals surface area contributed by atoms with Crippen LogP contribution in [0.4, 0.5) is 4.39 Å². The van der Waals surface area contributed by atoms with Gasteiger partial charge in [-0.25, -0.2) is 19.2 Å². The second kappa shape index (κ2) is 6.49. The maximum absolute atomic E-state index is 14.3. The fourth-order valence-electron chi connectivity index (χ4n) is 4.28. The van der Waals surface area contributed by atoms with Crippen molar-refractivity contribution in [1.29, 1.82) is 0 Å². The molecule has 1 aliphatic rings. The third-order valence-electron chi connectivity index (χ3n) is 5.79. The first-order valence-corrected chi connectivity index (χ1v) is 9.91. The number of hydrogen-bond donors (Lipinski definition) is 0. The fourth-order valence-corrected chi connectivity index (χ4v) is 4.28. The van der Waals surface area contributed by atoms with Crippen LogP contribution in [0.3, 0.4) is 0 Å². The first kappa shape index (κ1) is 17.8. The molecule has 0 unspecified atom stereocenters. The lowest BCUT2D eigenvalue weighted by Gasteiger charge is -2.26. The fraction of sp³-hybridized carbons (Fsp3) is 0.182. The zero-order chi connectivity index (χ0) is 21.1. The second-order valence-corrected chi connectivity index (χ2v) is 7.50. The van der Waals surface area contributed by atoms with Crippen molar-refractivity contribution in [2.24, 2.45) is 7.05 Å². The Hall–Kier alpha value is -4.01. The molecule has 0 N–H and O–H groups in total. The molecule has 3 aromatic heterocycles. The molecule has 5 aromatic rings. The van der Waals surface area contributed by atoms with Crippen LogP contribution in [0.1, 0.15) is 18.0 Å². The Morgan fingerprint density at radius 1 is 1.10 bits per heavy atom. The van der Waals surface area contributed by atoms with Gasteiger partial charge in [0.25, 0.3) is 0 Å². The SMILES string of the molecule is Cn1c(=O)n([C@H]2CCOc3c(F)cccc32)c2nc(-n3cnc4ccccc43)ncc21. The number of nitrogens with zero attached hydrogens (tertiary/aromatic N) is 6. The van der Waals surface area contributed by atoms with Crippen molar-refractivity contribution >= 4 is 22.2 Å². The summed E-state index contributed by atoms with van der Waals surface area (Å²) in [7, 11) is 1.68. The minimum atomic E-state index is -0.435. The molecule has 154 valence electrons. The summed E-state index contributed by atoms with van der Waals surface area (Å²) >= 11 is 0. The first-order chi connectivity index (χ1) is 15.1. The number of fused-ring (bicyclic) bond motifs is 3. The van der Waals surface area contributed by atoms with Gasteiger partial charge in [-0.15, -0.1) is 0 Å². The molecule has 0 fully saturated rings. The topological polar surface area (TPSA) is 79.8 Å². The van der Waals surface area contributed by atoms with E-state index in [1.807, 2.05) is 24.3 Å². The lowest BCUT2D eigenvalue weighted by Crippen LogP contribution is -2.30. The number of halogens is 1. The summed E-state index contributed by atoms with van der Waals surface area (Å²) in [5, 5.41) is 0. The summed E-state index contributed by atoms with van der Waals surface area (Å²) in [5.41, 5.74) is 3.17. The van der Waals surface area contributed by atoms with Gasteiger partial charge in [0.15, 0.2) is 17.2 Å². The highest BCUT2D eigenvalue weighted by atomic mass is 19.1. The molecule has 0 amide bonds. The monoisotopic (exact) mass is 416 g/mol. The van der Waals surface area contributed by atoms with Crippen LogP contribution in [0.2, 0.25) is 0 Å². The van der Waals surface area contributed by atoms with E-state index in [1.54, 1.807) is 40.8 Å². The average Bonchev–Trinajstić information content (AvgIpc) is 3.33. The number of ether oxygens (including phenoxy) is 1. The molecule has 0 aliphatic carbocycles. The summed E-state index contributed by atoms with van der Waals surface area (Å²) in [6.45, 7) is 0.311. The second-order valence-electron chi connectivity index (χ2n) is 7.50. The number of para-hydroxylation sites is 3. The summed E-state index contributed by atoms with van der Waals surface area (Å²) < 4.78 is 24.8. The maximum Gasteiger partial charge on any atom is 0.330 e. The molecule has 6 rings (SSSR count). The zero-order valence-electron chi connectivity index (χ0n) is 16.6. The van der Waals surface area contributed by atoms with E-state index >= 15 is 0 Å². The Bertz CT molecular complexity index is 1530. The predicted molar refractivity (Wildman–Crippen MR) is 112 cm³/mol. The molecular formula is C22H17FN6O2. The van der Waals surface area contributed by atoms with Gasteiger partial charge < -0.3 is 4.74 Å². The summed E-state index contributed by atoms with van der Waals surface area (Å²) in [6, 6.07) is 12.1. The standard InChI is InChI=1S/C22H17FN6O2/c1-27-18-11-24-21(28-12-25-15-7-2-3-8-17(15)28)26-20(18)29(22(27)30)16-9-10-31-19-13(16)5-4-6-14(19)23/h2-8,11-12,16H,9-10H2,1H3/t16-/m0/s1. The largest absolute Gasteiger partial charge is 0.490 e. The number of benzene rings is 2. The van der Waals surface area contributed by atoms with Crippen LogP contribution in [-0.4, -0.2) is 35.3 Å². The van der Waals surface area contributed by atoms with Crippen LogP contribution >= 0.6 is 0 Å². The number of imidazole rings is 2. The van der Waals surface area contributed by atoms with Crippen molar-refractivity contribution in [2.45, 2.75) is 12.5 Å². The zero-order valence-corrected chi connectivity index (χ0v) is 16.6. The van der Waals surface area contributed by atoms with Gasteiger partial charge in [-0.3, -0.25) is 13.7 Å². The van der Waals surface area contributed by atoms with E-state index in [0.717, 1.165) is 11.0 Å². The van der Waals surface area contributed by atoms with Gasteiger partial charge in [0, 0.05) is 19.0 Å². The molecule has 8 nitrogen and oxygen atoms in total. The highest BCUT2D eigenvalue weighted by Crippen LogP contribution is 2.37. The lowest BCUT2D eigenvalue weighted by molar-refractivity contribution is 0.243. The number of rotatable bonds is 2. The quantitative estimate of drug-likeness (QED) is 0.442. The van der Waals surface area contributed by atoms with Crippen molar-refractivity contribution in [1.82, 2.24) is 28.7 Å². The van der Waals surface area contributed by atoms with E-state index in [0.29, 0.717) is 35.7 Å². The van der Waals surface area contributed by atoms with Gasteiger partial charge in [-0.05, 0) is 18.2 Å². The van der Waals surface area contributed by atoms with Gasteiger partial charge in [0.05, 0.1) is 29.9 Å². The van der Waals surface area contributed by atoms with Crippen LogP contribution in [0.5, 0.6) is 5.75 Å². The Kier molecular flexibility index (Phi) is 3.73. The van der Waals surface area contributed by atoms with Gasteiger partial charge >= 0.3 is 5.69 Å². The van der Waals surface area contributed by atoms with E-state index in [1.165, 1.54) is 10.6 Å². The van der Waals surface area contributed by atoms with Crippen LogP contribution in [0, 0.1) is 5.82 Å². The maximum atomic E-state index is 14.3. The molecule has 0 spiro atoms. The molecule has 0 saturated heterocycles. The molecule has 9 heteroatoms. The highest BCUT2D eigenvalue weighted by molar-refractivity contribution is 5.77. The van der Waals surface area contributed by atoms with Crippen molar-refractivity contribution in [3.05, 3.63) is 76.9 Å². The number of aryl methyl sites for hydroxylation is 1. The Morgan fingerprint density at radius 3 is 2.87 bits per heavy atom. The van der Waals surface area contributed by atoms with Crippen LogP contribution in [0.25, 0.3) is 28.1 Å². The van der Waals surface area contributed by atoms with Crippen molar-refractivity contribution < 1.29 is 9.13 Å². The van der Waals surface area contributed by atoms with Gasteiger partial charge in [0.2, 0.25) is 5.95 Å². The number of aromatic nitrogens is 6. The van der Waals surface area contributed by atoms with Gasteiger partial charge in [-0.2, -0.15) is 4.98 Å². The molecule has 2 aromatic carbocycles. The Balaban J connectivity index is 1.60. The van der Waals surface area contributed by atoms with Gasteiger partial charge in [0.1, 0.15) is 11.8 Å². The van der Waals surface area contributed by atoms with Crippen LogP contribution < -0.4 is 10.4 Å². The molecule has 0 bridgehead atoms. The van der Waals surface area contributed by atoms with Crippen molar-refractivity contribution in [3.8, 4) is 11.7 Å². The minimum absolute atomic E-state index is 0.192. The third-order valence-corrected chi connectivity index (χ3v) is 5.79. The van der Waals surface area contributed by atoms with E-state index < -0.39 is 11.9 Å². The Morgan fingerprint density at radius 2 is 1.97 bits per heavy atom. The first-order valence-electron chi connectivity index (χ1n) is 9.91. The smallest absolute Gasteiger partial charge is 0.330 e. The molecule has 4 heterocycles. The highest BCUT2D eigenvalue weighted by Gasteiger charge is 2.29. The van der Waals surface area contributed by atoms with E-state index in [4.69, 9.17) is 9.72 Å². The van der Waals surface area contributed by atoms with Crippen molar-refractivity contribution in [3.63, 3.8) is 0 Å². The third kappa shape index (κ3) is 2.52. The van der Waals surface area contributed by atoms with Crippen molar-refractivity contribution in [2.75, 3.05) is 6.61 Å². The van der Waals surface area contributed by atoms with Crippen LogP contribution in [0.15, 0.2) is 59.8 Å². The molecule has 0 radical (unpaired) electrons.